The van der Waals surface area contributed by atoms with Crippen LogP contribution in [-0.4, -0.2) is 37.5 Å². The van der Waals surface area contributed by atoms with E-state index in [2.05, 4.69) is 4.90 Å². The van der Waals surface area contributed by atoms with Crippen molar-refractivity contribution in [3.8, 4) is 0 Å². The number of nitrogens with zero attached hydrogens (tertiary/aromatic N) is 2. The predicted molar refractivity (Wildman–Crippen MR) is 85.3 cm³/mol. The van der Waals surface area contributed by atoms with E-state index >= 15 is 0 Å². The average molecular weight is 327 g/mol. The van der Waals surface area contributed by atoms with Crippen molar-refractivity contribution in [2.45, 2.75) is 30.7 Å². The van der Waals surface area contributed by atoms with Crippen molar-refractivity contribution in [2.75, 3.05) is 19.6 Å². The van der Waals surface area contributed by atoms with Crippen molar-refractivity contribution < 1.29 is 8.42 Å². The molecule has 0 amide bonds. The SMILES string of the molecule is O=S(=O)(Cl)c1cn(CCCN2CCCC2)c2ccccc12. The Morgan fingerprint density at radius 2 is 1.81 bits per heavy atom. The molecule has 114 valence electrons. The second-order valence-corrected chi connectivity index (χ2v) is 8.08. The van der Waals surface area contributed by atoms with E-state index in [-0.39, 0.29) is 4.90 Å². The molecule has 2 heterocycles. The summed E-state index contributed by atoms with van der Waals surface area (Å²) in [5.74, 6) is 0. The topological polar surface area (TPSA) is 42.3 Å². The number of hydrogen-bond acceptors (Lipinski definition) is 3. The van der Waals surface area contributed by atoms with Gasteiger partial charge in [-0.2, -0.15) is 0 Å². The predicted octanol–water partition coefficient (Wildman–Crippen LogP) is 3.05. The Morgan fingerprint density at radius 3 is 2.52 bits per heavy atom. The highest BCUT2D eigenvalue weighted by Gasteiger charge is 2.18. The molecule has 0 saturated carbocycles. The Hall–Kier alpha value is -1.04. The average Bonchev–Trinajstić information content (AvgIpc) is 3.06. The quantitative estimate of drug-likeness (QED) is 0.793. The van der Waals surface area contributed by atoms with Crippen LogP contribution in [0.3, 0.4) is 0 Å². The van der Waals surface area contributed by atoms with Crippen molar-refractivity contribution in [2.24, 2.45) is 0 Å². The molecule has 6 heteroatoms. The molecular weight excluding hydrogens is 308 g/mol. The van der Waals surface area contributed by atoms with Crippen LogP contribution in [0.5, 0.6) is 0 Å². The molecule has 1 aromatic heterocycles. The molecular formula is C15H19ClN2O2S. The monoisotopic (exact) mass is 326 g/mol. The minimum Gasteiger partial charge on any atom is -0.346 e. The first-order valence-corrected chi connectivity index (χ1v) is 9.61. The van der Waals surface area contributed by atoms with Gasteiger partial charge in [-0.05, 0) is 45.0 Å². The summed E-state index contributed by atoms with van der Waals surface area (Å²) in [5, 5.41) is 0.702. The van der Waals surface area contributed by atoms with E-state index in [1.54, 1.807) is 6.20 Å². The fourth-order valence-corrected chi connectivity index (χ4v) is 4.12. The maximum atomic E-state index is 11.7. The van der Waals surface area contributed by atoms with E-state index in [1.807, 2.05) is 28.8 Å². The number of fused-ring (bicyclic) bond motifs is 1. The van der Waals surface area contributed by atoms with Crippen LogP contribution >= 0.6 is 10.7 Å². The lowest BCUT2D eigenvalue weighted by atomic mass is 10.2. The lowest BCUT2D eigenvalue weighted by Gasteiger charge is -2.14. The van der Waals surface area contributed by atoms with Gasteiger partial charge in [0, 0.05) is 34.3 Å². The maximum Gasteiger partial charge on any atom is 0.263 e. The maximum absolute atomic E-state index is 11.7. The summed E-state index contributed by atoms with van der Waals surface area (Å²) >= 11 is 0. The van der Waals surface area contributed by atoms with E-state index in [0.717, 1.165) is 25.0 Å². The van der Waals surface area contributed by atoms with Gasteiger partial charge in [0.15, 0.2) is 0 Å². The van der Waals surface area contributed by atoms with Crippen LogP contribution < -0.4 is 0 Å². The molecule has 1 saturated heterocycles. The zero-order valence-electron chi connectivity index (χ0n) is 11.8. The summed E-state index contributed by atoms with van der Waals surface area (Å²) in [4.78, 5) is 2.67. The van der Waals surface area contributed by atoms with E-state index in [9.17, 15) is 8.42 Å². The van der Waals surface area contributed by atoms with Crippen LogP contribution in [-0.2, 0) is 15.6 Å². The third-order valence-corrected chi connectivity index (χ3v) is 5.44. The highest BCUT2D eigenvalue weighted by atomic mass is 35.7. The molecule has 1 aliphatic rings. The second-order valence-electron chi connectivity index (χ2n) is 5.54. The summed E-state index contributed by atoms with van der Waals surface area (Å²) in [5.41, 5.74) is 0.929. The molecule has 21 heavy (non-hydrogen) atoms. The van der Waals surface area contributed by atoms with Gasteiger partial charge >= 0.3 is 0 Å². The van der Waals surface area contributed by atoms with Gasteiger partial charge in [0.05, 0.1) is 0 Å². The lowest BCUT2D eigenvalue weighted by molar-refractivity contribution is 0.326. The number of rotatable bonds is 5. The van der Waals surface area contributed by atoms with Gasteiger partial charge in [0.1, 0.15) is 4.90 Å². The number of aromatic nitrogens is 1. The van der Waals surface area contributed by atoms with Gasteiger partial charge in [-0.15, -0.1) is 0 Å². The lowest BCUT2D eigenvalue weighted by Crippen LogP contribution is -2.21. The Bertz CT molecular complexity index is 733. The molecule has 2 aromatic rings. The first-order valence-electron chi connectivity index (χ1n) is 7.30. The summed E-state index contributed by atoms with van der Waals surface area (Å²) < 4.78 is 25.4. The molecule has 0 aliphatic carbocycles. The number of hydrogen-bond donors (Lipinski definition) is 0. The molecule has 0 bridgehead atoms. The minimum atomic E-state index is -3.71. The van der Waals surface area contributed by atoms with Crippen molar-refractivity contribution in [3.63, 3.8) is 0 Å². The van der Waals surface area contributed by atoms with Crippen molar-refractivity contribution >= 4 is 30.6 Å². The molecule has 1 fully saturated rings. The highest BCUT2D eigenvalue weighted by molar-refractivity contribution is 8.14. The van der Waals surface area contributed by atoms with Crippen molar-refractivity contribution in [1.29, 1.82) is 0 Å². The zero-order valence-corrected chi connectivity index (χ0v) is 13.4. The molecule has 0 unspecified atom stereocenters. The van der Waals surface area contributed by atoms with E-state index < -0.39 is 9.05 Å². The molecule has 0 N–H and O–H groups in total. The largest absolute Gasteiger partial charge is 0.346 e. The number of likely N-dealkylation sites (tertiary alicyclic amines) is 1. The van der Waals surface area contributed by atoms with Crippen molar-refractivity contribution in [3.05, 3.63) is 30.5 Å². The Labute approximate surface area is 129 Å². The molecule has 3 rings (SSSR count). The molecule has 0 atom stereocenters. The fourth-order valence-electron chi connectivity index (χ4n) is 3.06. The van der Waals surface area contributed by atoms with Crippen LogP contribution in [0, 0.1) is 0 Å². The molecule has 0 spiro atoms. The van der Waals surface area contributed by atoms with E-state index in [4.69, 9.17) is 10.7 Å². The van der Waals surface area contributed by atoms with Gasteiger partial charge in [-0.25, -0.2) is 8.42 Å². The van der Waals surface area contributed by atoms with Crippen LogP contribution in [0.2, 0.25) is 0 Å². The van der Waals surface area contributed by atoms with E-state index in [0.29, 0.717) is 5.39 Å². The molecule has 0 radical (unpaired) electrons. The zero-order chi connectivity index (χ0) is 14.9. The van der Waals surface area contributed by atoms with Gasteiger partial charge in [0.25, 0.3) is 9.05 Å². The summed E-state index contributed by atoms with van der Waals surface area (Å²) in [7, 11) is 1.83. The van der Waals surface area contributed by atoms with Gasteiger partial charge < -0.3 is 9.47 Å². The van der Waals surface area contributed by atoms with E-state index in [1.165, 1.54) is 25.9 Å². The Balaban J connectivity index is 1.81. The first-order chi connectivity index (χ1) is 10.1. The third kappa shape index (κ3) is 3.25. The first kappa shape index (κ1) is 14.9. The normalized spacial score (nSPS) is 16.8. The van der Waals surface area contributed by atoms with Crippen LogP contribution in [0.4, 0.5) is 0 Å². The fraction of sp³-hybridized carbons (Fsp3) is 0.467. The van der Waals surface area contributed by atoms with Crippen LogP contribution in [0.25, 0.3) is 10.9 Å². The number of para-hydroxylation sites is 1. The standard InChI is InChI=1S/C15H19ClN2O2S/c16-21(19,20)15-12-18(14-7-2-1-6-13(14)15)11-5-10-17-8-3-4-9-17/h1-2,6-7,12H,3-5,8-11H2. The molecule has 1 aromatic carbocycles. The van der Waals surface area contributed by atoms with Crippen LogP contribution in [0.15, 0.2) is 35.4 Å². The summed E-state index contributed by atoms with van der Waals surface area (Å²) in [6.45, 7) is 4.25. The van der Waals surface area contributed by atoms with Gasteiger partial charge in [-0.3, -0.25) is 0 Å². The minimum absolute atomic E-state index is 0.209. The van der Waals surface area contributed by atoms with Gasteiger partial charge in [-0.1, -0.05) is 18.2 Å². The summed E-state index contributed by atoms with van der Waals surface area (Å²) in [6.07, 6.45) is 5.26. The molecule has 1 aliphatic heterocycles. The van der Waals surface area contributed by atoms with Crippen LogP contribution in [0.1, 0.15) is 19.3 Å². The smallest absolute Gasteiger partial charge is 0.263 e. The Morgan fingerprint density at radius 1 is 1.10 bits per heavy atom. The number of halogens is 1. The Kier molecular flexibility index (Phi) is 4.24. The number of aryl methyl sites for hydroxylation is 1. The second kappa shape index (κ2) is 5.99. The molecule has 4 nitrogen and oxygen atoms in total. The summed E-state index contributed by atoms with van der Waals surface area (Å²) in [6, 6.07) is 7.50. The van der Waals surface area contributed by atoms with Gasteiger partial charge in [0.2, 0.25) is 0 Å². The number of benzene rings is 1. The van der Waals surface area contributed by atoms with Crippen molar-refractivity contribution in [1.82, 2.24) is 9.47 Å². The highest BCUT2D eigenvalue weighted by Crippen LogP contribution is 2.28. The third-order valence-electron chi connectivity index (χ3n) is 4.09.